The number of anilines is 1. The maximum absolute atomic E-state index is 13.5. The Kier molecular flexibility index (Phi) is 6.49. The maximum atomic E-state index is 13.5. The van der Waals surface area contributed by atoms with E-state index in [0.717, 1.165) is 5.69 Å². The quantitative estimate of drug-likeness (QED) is 0.795. The average molecular weight is 328 g/mol. The third-order valence-electron chi connectivity index (χ3n) is 3.67. The Morgan fingerprint density at radius 3 is 2.38 bits per heavy atom. The summed E-state index contributed by atoms with van der Waals surface area (Å²) in [5, 5.41) is 2.67. The molecule has 0 unspecified atom stereocenters. The van der Waals surface area contributed by atoms with Gasteiger partial charge in [-0.1, -0.05) is 36.4 Å². The number of para-hydroxylation sites is 1. The number of carbonyl (C=O) groups excluding carboxylic acids is 2. The zero-order chi connectivity index (χ0) is 17.4. The van der Waals surface area contributed by atoms with E-state index in [1.54, 1.807) is 23.1 Å². The largest absolute Gasteiger partial charge is 0.355 e. The van der Waals surface area contributed by atoms with E-state index >= 15 is 0 Å². The summed E-state index contributed by atoms with van der Waals surface area (Å²) in [5.41, 5.74) is 1.31. The maximum Gasteiger partial charge on any atom is 0.236 e. The van der Waals surface area contributed by atoms with Crippen LogP contribution in [0.1, 0.15) is 18.9 Å². The van der Waals surface area contributed by atoms with Crippen LogP contribution in [0.2, 0.25) is 0 Å². The van der Waals surface area contributed by atoms with Crippen molar-refractivity contribution in [2.45, 2.75) is 19.8 Å². The van der Waals surface area contributed by atoms with Crippen LogP contribution in [0.5, 0.6) is 0 Å². The Morgan fingerprint density at radius 1 is 1.04 bits per heavy atom. The van der Waals surface area contributed by atoms with E-state index in [4.69, 9.17) is 0 Å². The van der Waals surface area contributed by atoms with Crippen LogP contribution >= 0.6 is 0 Å². The van der Waals surface area contributed by atoms with Crippen molar-refractivity contribution in [1.82, 2.24) is 5.32 Å². The Morgan fingerprint density at radius 2 is 1.71 bits per heavy atom. The van der Waals surface area contributed by atoms with E-state index in [-0.39, 0.29) is 24.1 Å². The minimum Gasteiger partial charge on any atom is -0.355 e. The van der Waals surface area contributed by atoms with Gasteiger partial charge in [0.1, 0.15) is 12.2 Å². The molecule has 0 radical (unpaired) electrons. The second-order valence-corrected chi connectivity index (χ2v) is 5.34. The molecule has 24 heavy (non-hydrogen) atoms. The number of rotatable bonds is 7. The predicted molar refractivity (Wildman–Crippen MR) is 92.2 cm³/mol. The molecule has 2 rings (SSSR count). The molecule has 1 N–H and O–H groups in total. The minimum absolute atomic E-state index is 0.222. The van der Waals surface area contributed by atoms with Crippen LogP contribution in [0.15, 0.2) is 54.6 Å². The lowest BCUT2D eigenvalue weighted by atomic mass is 10.1. The van der Waals surface area contributed by atoms with Crippen molar-refractivity contribution in [3.05, 3.63) is 66.0 Å². The van der Waals surface area contributed by atoms with E-state index in [0.29, 0.717) is 25.1 Å². The lowest BCUT2D eigenvalue weighted by molar-refractivity contribution is -0.127. The van der Waals surface area contributed by atoms with E-state index in [2.05, 4.69) is 5.32 Å². The molecule has 2 aromatic carbocycles. The number of nitrogens with zero attached hydrogens (tertiary/aromatic N) is 1. The van der Waals surface area contributed by atoms with Gasteiger partial charge in [-0.2, -0.15) is 0 Å². The third kappa shape index (κ3) is 4.91. The molecule has 126 valence electrons. The van der Waals surface area contributed by atoms with Crippen molar-refractivity contribution >= 4 is 17.5 Å². The fourth-order valence-corrected chi connectivity index (χ4v) is 2.44. The molecule has 0 aliphatic heterocycles. The van der Waals surface area contributed by atoms with Crippen molar-refractivity contribution in [2.24, 2.45) is 0 Å². The first kappa shape index (κ1) is 17.7. The number of halogens is 1. The molecule has 0 aliphatic rings. The smallest absolute Gasteiger partial charge is 0.236 e. The highest BCUT2D eigenvalue weighted by atomic mass is 19.1. The van der Waals surface area contributed by atoms with Gasteiger partial charge in [-0.15, -0.1) is 0 Å². The molecule has 0 atom stereocenters. The van der Waals surface area contributed by atoms with Crippen LogP contribution in [-0.2, 0) is 16.0 Å². The molecular weight excluding hydrogens is 307 g/mol. The predicted octanol–water partition coefficient (Wildman–Crippen LogP) is 2.93. The molecule has 0 saturated carbocycles. The Labute approximate surface area is 141 Å². The third-order valence-corrected chi connectivity index (χ3v) is 3.67. The normalized spacial score (nSPS) is 10.2. The number of hydrogen-bond acceptors (Lipinski definition) is 2. The first-order valence-electron chi connectivity index (χ1n) is 7.97. The molecule has 0 bridgehead atoms. The molecule has 2 aromatic rings. The summed E-state index contributed by atoms with van der Waals surface area (Å²) < 4.78 is 13.5. The molecule has 0 spiro atoms. The van der Waals surface area contributed by atoms with Gasteiger partial charge in [0, 0.05) is 18.8 Å². The second kappa shape index (κ2) is 8.82. The van der Waals surface area contributed by atoms with Gasteiger partial charge in [0.25, 0.3) is 0 Å². The zero-order valence-electron chi connectivity index (χ0n) is 13.7. The highest BCUT2D eigenvalue weighted by Gasteiger charge is 2.17. The van der Waals surface area contributed by atoms with E-state index in [9.17, 15) is 14.0 Å². The molecule has 5 heteroatoms. The number of nitrogens with one attached hydrogen (secondary N) is 1. The molecular formula is C19H21FN2O2. The highest BCUT2D eigenvalue weighted by molar-refractivity contribution is 6.04. The number of amides is 2. The van der Waals surface area contributed by atoms with E-state index < -0.39 is 0 Å². The topological polar surface area (TPSA) is 49.4 Å². The van der Waals surface area contributed by atoms with Gasteiger partial charge in [-0.05, 0) is 37.1 Å². The number of hydrogen-bond donors (Lipinski definition) is 1. The lowest BCUT2D eigenvalue weighted by Gasteiger charge is -2.20. The first-order valence-corrected chi connectivity index (χ1v) is 7.97. The van der Waals surface area contributed by atoms with Crippen LogP contribution in [0.4, 0.5) is 10.1 Å². The van der Waals surface area contributed by atoms with Gasteiger partial charge in [0.15, 0.2) is 0 Å². The van der Waals surface area contributed by atoms with Crippen molar-refractivity contribution in [1.29, 1.82) is 0 Å². The van der Waals surface area contributed by atoms with Crippen molar-refractivity contribution in [2.75, 3.05) is 18.0 Å². The Balaban J connectivity index is 1.83. The molecule has 0 aromatic heterocycles. The summed E-state index contributed by atoms with van der Waals surface area (Å²) in [6, 6.07) is 15.7. The SMILES string of the molecule is CCN(C(=O)CC(=O)NCCc1ccccc1F)c1ccccc1. The summed E-state index contributed by atoms with van der Waals surface area (Å²) in [7, 11) is 0. The molecule has 0 saturated heterocycles. The summed E-state index contributed by atoms with van der Waals surface area (Å²) in [5.74, 6) is -0.901. The van der Waals surface area contributed by atoms with Gasteiger partial charge in [0.2, 0.25) is 11.8 Å². The van der Waals surface area contributed by atoms with E-state index in [1.165, 1.54) is 6.07 Å². The summed E-state index contributed by atoms with van der Waals surface area (Å²) in [6.07, 6.45) is 0.169. The monoisotopic (exact) mass is 328 g/mol. The fraction of sp³-hybridized carbons (Fsp3) is 0.263. The van der Waals surface area contributed by atoms with Gasteiger partial charge in [-0.3, -0.25) is 9.59 Å². The van der Waals surface area contributed by atoms with Gasteiger partial charge in [-0.25, -0.2) is 4.39 Å². The van der Waals surface area contributed by atoms with Crippen molar-refractivity contribution < 1.29 is 14.0 Å². The number of benzene rings is 2. The first-order chi connectivity index (χ1) is 11.6. The molecule has 0 aliphatic carbocycles. The number of carbonyl (C=O) groups is 2. The molecule has 2 amide bonds. The standard InChI is InChI=1S/C19H21FN2O2/c1-2-22(16-9-4-3-5-10-16)19(24)14-18(23)21-13-12-15-8-6-7-11-17(15)20/h3-11H,2,12-14H2,1H3,(H,21,23). The van der Waals surface area contributed by atoms with E-state index in [1.807, 2.05) is 37.3 Å². The van der Waals surface area contributed by atoms with Crippen molar-refractivity contribution in [3.8, 4) is 0 Å². The zero-order valence-corrected chi connectivity index (χ0v) is 13.7. The molecule has 0 fully saturated rings. The Bertz CT molecular complexity index is 689. The summed E-state index contributed by atoms with van der Waals surface area (Å²) >= 11 is 0. The van der Waals surface area contributed by atoms with Gasteiger partial charge in [0.05, 0.1) is 0 Å². The van der Waals surface area contributed by atoms with Crippen LogP contribution in [0.25, 0.3) is 0 Å². The van der Waals surface area contributed by atoms with Crippen molar-refractivity contribution in [3.63, 3.8) is 0 Å². The highest BCUT2D eigenvalue weighted by Crippen LogP contribution is 2.14. The minimum atomic E-state index is -0.356. The molecule has 4 nitrogen and oxygen atoms in total. The van der Waals surface area contributed by atoms with Crippen LogP contribution < -0.4 is 10.2 Å². The van der Waals surface area contributed by atoms with Crippen LogP contribution in [-0.4, -0.2) is 24.9 Å². The Hall–Kier alpha value is -2.69. The fourth-order valence-electron chi connectivity index (χ4n) is 2.44. The van der Waals surface area contributed by atoms with Crippen LogP contribution in [0, 0.1) is 5.82 Å². The lowest BCUT2D eigenvalue weighted by Crippen LogP contribution is -2.36. The second-order valence-electron chi connectivity index (χ2n) is 5.34. The average Bonchev–Trinajstić information content (AvgIpc) is 2.58. The van der Waals surface area contributed by atoms with Gasteiger partial charge < -0.3 is 10.2 Å². The van der Waals surface area contributed by atoms with Gasteiger partial charge >= 0.3 is 0 Å². The summed E-state index contributed by atoms with van der Waals surface area (Å²) in [4.78, 5) is 25.8. The summed E-state index contributed by atoms with van der Waals surface area (Å²) in [6.45, 7) is 2.65. The molecule has 0 heterocycles. The van der Waals surface area contributed by atoms with Crippen LogP contribution in [0.3, 0.4) is 0 Å².